The molecule has 2 atom stereocenters. The first-order valence-electron chi connectivity index (χ1n) is 10.7. The van der Waals surface area contributed by atoms with E-state index in [0.717, 1.165) is 22.7 Å². The average molecular weight is 380 g/mol. The summed E-state index contributed by atoms with van der Waals surface area (Å²) in [6, 6.07) is 6.06. The van der Waals surface area contributed by atoms with Gasteiger partial charge in [-0.25, -0.2) is 0 Å². The van der Waals surface area contributed by atoms with Crippen LogP contribution >= 0.6 is 0 Å². The summed E-state index contributed by atoms with van der Waals surface area (Å²) >= 11 is 0. The standard InChI is InChI=1S/C23H28N2O3/c1-13(25-21(27)18-5-3-4-6-19(18)22(25)28)20(26)24-14(2)23-10-15-7-16(11-23)9-17(8-15)12-23/h3-6,13-17H,7-12H2,1-2H3,(H,24,26). The summed E-state index contributed by atoms with van der Waals surface area (Å²) < 4.78 is 0. The lowest BCUT2D eigenvalue weighted by Gasteiger charge is -2.59. The lowest BCUT2D eigenvalue weighted by molar-refractivity contribution is -0.129. The van der Waals surface area contributed by atoms with Crippen LogP contribution in [0.3, 0.4) is 0 Å². The van der Waals surface area contributed by atoms with Gasteiger partial charge in [0.1, 0.15) is 6.04 Å². The molecule has 28 heavy (non-hydrogen) atoms. The van der Waals surface area contributed by atoms with Crippen LogP contribution in [0.2, 0.25) is 0 Å². The Morgan fingerprint density at radius 3 is 1.89 bits per heavy atom. The number of fused-ring (bicyclic) bond motifs is 1. The van der Waals surface area contributed by atoms with E-state index in [1.165, 1.54) is 38.5 Å². The van der Waals surface area contributed by atoms with Gasteiger partial charge in [0.2, 0.25) is 5.91 Å². The maximum absolute atomic E-state index is 13.0. The fourth-order valence-corrected chi connectivity index (χ4v) is 6.87. The van der Waals surface area contributed by atoms with Gasteiger partial charge < -0.3 is 5.32 Å². The lowest BCUT2D eigenvalue weighted by Crippen LogP contribution is -2.58. The van der Waals surface area contributed by atoms with E-state index >= 15 is 0 Å². The molecule has 0 radical (unpaired) electrons. The second-order valence-corrected chi connectivity index (χ2v) is 9.71. The van der Waals surface area contributed by atoms with Crippen molar-refractivity contribution in [2.45, 2.75) is 64.5 Å². The first-order valence-corrected chi connectivity index (χ1v) is 10.7. The van der Waals surface area contributed by atoms with Crippen LogP contribution in [-0.4, -0.2) is 34.7 Å². The number of nitrogens with zero attached hydrogens (tertiary/aromatic N) is 1. The average Bonchev–Trinajstić information content (AvgIpc) is 2.91. The molecule has 0 spiro atoms. The minimum Gasteiger partial charge on any atom is -0.351 e. The van der Waals surface area contributed by atoms with Crippen molar-refractivity contribution in [3.63, 3.8) is 0 Å². The molecule has 1 aliphatic heterocycles. The Bertz CT molecular complexity index is 791. The monoisotopic (exact) mass is 380 g/mol. The Morgan fingerprint density at radius 1 is 0.964 bits per heavy atom. The van der Waals surface area contributed by atoms with Crippen LogP contribution in [0.4, 0.5) is 0 Å². The highest BCUT2D eigenvalue weighted by atomic mass is 16.2. The SMILES string of the molecule is CC(C(=O)NC(C)C12CC3CC(CC(C3)C1)C2)N1C(=O)c2ccccc2C1=O. The van der Waals surface area contributed by atoms with Crippen molar-refractivity contribution >= 4 is 17.7 Å². The smallest absolute Gasteiger partial charge is 0.262 e. The number of hydrogen-bond donors (Lipinski definition) is 1. The summed E-state index contributed by atoms with van der Waals surface area (Å²) in [6.07, 6.45) is 7.73. The van der Waals surface area contributed by atoms with Gasteiger partial charge >= 0.3 is 0 Å². The number of imide groups is 1. The molecule has 3 amide bonds. The van der Waals surface area contributed by atoms with Crippen LogP contribution in [0.1, 0.15) is 73.1 Å². The molecule has 6 rings (SSSR count). The van der Waals surface area contributed by atoms with Crippen molar-refractivity contribution in [1.29, 1.82) is 0 Å². The van der Waals surface area contributed by atoms with E-state index < -0.39 is 6.04 Å². The highest BCUT2D eigenvalue weighted by Gasteiger charge is 2.53. The third kappa shape index (κ3) is 2.55. The maximum Gasteiger partial charge on any atom is 0.262 e. The third-order valence-electron chi connectivity index (χ3n) is 7.96. The first-order chi connectivity index (χ1) is 13.4. The Balaban J connectivity index is 1.31. The van der Waals surface area contributed by atoms with Crippen molar-refractivity contribution < 1.29 is 14.4 Å². The molecular formula is C23H28N2O3. The van der Waals surface area contributed by atoms with Crippen LogP contribution in [0.25, 0.3) is 0 Å². The van der Waals surface area contributed by atoms with Gasteiger partial charge in [-0.1, -0.05) is 12.1 Å². The molecule has 2 unspecified atom stereocenters. The summed E-state index contributed by atoms with van der Waals surface area (Å²) in [5.74, 6) is 1.49. The van der Waals surface area contributed by atoms with Crippen molar-refractivity contribution in [3.8, 4) is 0 Å². The summed E-state index contributed by atoms with van der Waals surface area (Å²) in [5, 5.41) is 3.20. The van der Waals surface area contributed by atoms with Crippen LogP contribution in [-0.2, 0) is 4.79 Å². The predicted molar refractivity (Wildman–Crippen MR) is 105 cm³/mol. The maximum atomic E-state index is 13.0. The zero-order chi connectivity index (χ0) is 19.6. The molecule has 4 fully saturated rings. The molecule has 4 saturated carbocycles. The van der Waals surface area contributed by atoms with E-state index in [4.69, 9.17) is 0 Å². The first kappa shape index (κ1) is 17.9. The molecule has 1 N–H and O–H groups in total. The van der Waals surface area contributed by atoms with Gasteiger partial charge in [0.05, 0.1) is 11.1 Å². The number of hydrogen-bond acceptors (Lipinski definition) is 3. The van der Waals surface area contributed by atoms with Gasteiger partial charge in [0.25, 0.3) is 11.8 Å². The number of carbonyl (C=O) groups is 3. The number of amides is 3. The fourth-order valence-electron chi connectivity index (χ4n) is 6.87. The van der Waals surface area contributed by atoms with E-state index in [2.05, 4.69) is 12.2 Å². The Kier molecular flexibility index (Phi) is 3.94. The summed E-state index contributed by atoms with van der Waals surface area (Å²) in [5.41, 5.74) is 0.981. The van der Waals surface area contributed by atoms with Gasteiger partial charge in [-0.2, -0.15) is 0 Å². The van der Waals surface area contributed by atoms with E-state index in [-0.39, 0.29) is 29.2 Å². The predicted octanol–water partition coefficient (Wildman–Crippen LogP) is 3.39. The number of benzene rings is 1. The van der Waals surface area contributed by atoms with Crippen LogP contribution < -0.4 is 5.32 Å². The Morgan fingerprint density at radius 2 is 1.43 bits per heavy atom. The zero-order valence-electron chi connectivity index (χ0n) is 16.6. The van der Waals surface area contributed by atoms with Gasteiger partial charge in [-0.05, 0) is 87.7 Å². The minimum atomic E-state index is -0.802. The van der Waals surface area contributed by atoms with Gasteiger partial charge in [0, 0.05) is 6.04 Å². The van der Waals surface area contributed by atoms with E-state index in [9.17, 15) is 14.4 Å². The Hall–Kier alpha value is -2.17. The second-order valence-electron chi connectivity index (χ2n) is 9.71. The molecule has 0 aromatic heterocycles. The summed E-state index contributed by atoms with van der Waals surface area (Å²) in [6.45, 7) is 3.78. The van der Waals surface area contributed by atoms with Crippen molar-refractivity contribution in [3.05, 3.63) is 35.4 Å². The normalized spacial score (nSPS) is 35.1. The minimum absolute atomic E-state index is 0.0750. The van der Waals surface area contributed by atoms with Crippen LogP contribution in [0.5, 0.6) is 0 Å². The lowest BCUT2D eigenvalue weighted by atomic mass is 9.48. The van der Waals surface area contributed by atoms with E-state index in [0.29, 0.717) is 11.1 Å². The molecule has 4 bridgehead atoms. The number of nitrogens with one attached hydrogen (secondary N) is 1. The molecule has 5 nitrogen and oxygen atoms in total. The number of rotatable bonds is 4. The fraction of sp³-hybridized carbons (Fsp3) is 0.609. The second kappa shape index (κ2) is 6.16. The highest BCUT2D eigenvalue weighted by molar-refractivity contribution is 6.22. The third-order valence-corrected chi connectivity index (χ3v) is 7.96. The zero-order valence-corrected chi connectivity index (χ0v) is 16.6. The molecule has 5 heteroatoms. The topological polar surface area (TPSA) is 66.5 Å². The van der Waals surface area contributed by atoms with Crippen molar-refractivity contribution in [1.82, 2.24) is 10.2 Å². The van der Waals surface area contributed by atoms with Crippen molar-refractivity contribution in [2.24, 2.45) is 23.2 Å². The molecule has 1 aromatic carbocycles. The molecule has 4 aliphatic carbocycles. The number of carbonyl (C=O) groups excluding carboxylic acids is 3. The largest absolute Gasteiger partial charge is 0.351 e. The molecule has 1 aromatic rings. The van der Waals surface area contributed by atoms with Gasteiger partial charge in [-0.3, -0.25) is 19.3 Å². The highest BCUT2D eigenvalue weighted by Crippen LogP contribution is 2.61. The molecular weight excluding hydrogens is 352 g/mol. The molecule has 5 aliphatic rings. The quantitative estimate of drug-likeness (QED) is 0.814. The van der Waals surface area contributed by atoms with E-state index in [1.54, 1.807) is 31.2 Å². The van der Waals surface area contributed by atoms with Crippen LogP contribution in [0, 0.1) is 23.2 Å². The van der Waals surface area contributed by atoms with Gasteiger partial charge in [-0.15, -0.1) is 0 Å². The molecule has 148 valence electrons. The molecule has 1 heterocycles. The van der Waals surface area contributed by atoms with Gasteiger partial charge in [0.15, 0.2) is 0 Å². The Labute approximate surface area is 165 Å². The molecule has 0 saturated heterocycles. The van der Waals surface area contributed by atoms with Crippen LogP contribution in [0.15, 0.2) is 24.3 Å². The summed E-state index contributed by atoms with van der Waals surface area (Å²) in [7, 11) is 0. The van der Waals surface area contributed by atoms with E-state index in [1.807, 2.05) is 0 Å². The van der Waals surface area contributed by atoms with Crippen molar-refractivity contribution in [2.75, 3.05) is 0 Å². The summed E-state index contributed by atoms with van der Waals surface area (Å²) in [4.78, 5) is 39.5.